The number of hydrogen-bond donors (Lipinski definition) is 1. The zero-order valence-electron chi connectivity index (χ0n) is 15.0. The molecule has 3 rings (SSSR count). The van der Waals surface area contributed by atoms with Gasteiger partial charge in [0.25, 0.3) is 10.0 Å². The highest BCUT2D eigenvalue weighted by molar-refractivity contribution is 7.94. The molecule has 0 saturated heterocycles. The van der Waals surface area contributed by atoms with Crippen LogP contribution in [0.3, 0.4) is 0 Å². The SMILES string of the molecule is CCOC(=O)c1cc(-c2ccc(S(=O)(=O)Nc3cc(C)ccc3C)s2)on1. The van der Waals surface area contributed by atoms with Gasteiger partial charge in [-0.1, -0.05) is 17.3 Å². The van der Waals surface area contributed by atoms with Crippen molar-refractivity contribution in [3.05, 3.63) is 53.2 Å². The summed E-state index contributed by atoms with van der Waals surface area (Å²) in [6.45, 7) is 5.65. The van der Waals surface area contributed by atoms with Crippen molar-refractivity contribution in [2.75, 3.05) is 11.3 Å². The van der Waals surface area contributed by atoms with Gasteiger partial charge >= 0.3 is 5.97 Å². The third-order valence-electron chi connectivity index (χ3n) is 3.72. The maximum atomic E-state index is 12.7. The first-order valence-corrected chi connectivity index (χ1v) is 10.4. The van der Waals surface area contributed by atoms with Crippen molar-refractivity contribution >= 4 is 33.0 Å². The van der Waals surface area contributed by atoms with Crippen LogP contribution in [0.25, 0.3) is 10.6 Å². The first-order valence-electron chi connectivity index (χ1n) is 8.14. The highest BCUT2D eigenvalue weighted by Crippen LogP contribution is 2.32. The summed E-state index contributed by atoms with van der Waals surface area (Å²) in [4.78, 5) is 12.2. The minimum atomic E-state index is -3.74. The fourth-order valence-electron chi connectivity index (χ4n) is 2.33. The molecule has 2 heterocycles. The molecular formula is C18H18N2O5S2. The molecule has 0 spiro atoms. The molecule has 9 heteroatoms. The Morgan fingerprint density at radius 3 is 2.74 bits per heavy atom. The predicted molar refractivity (Wildman–Crippen MR) is 102 cm³/mol. The van der Waals surface area contributed by atoms with Gasteiger partial charge in [-0.05, 0) is 50.1 Å². The van der Waals surface area contributed by atoms with Crippen LogP contribution >= 0.6 is 11.3 Å². The molecular weight excluding hydrogens is 388 g/mol. The van der Waals surface area contributed by atoms with Crippen LogP contribution < -0.4 is 4.72 Å². The number of aryl methyl sites for hydroxylation is 2. The number of thiophene rings is 1. The molecule has 0 bridgehead atoms. The fraction of sp³-hybridized carbons (Fsp3) is 0.222. The Labute approximate surface area is 161 Å². The fourth-order valence-corrected chi connectivity index (χ4v) is 4.71. The van der Waals surface area contributed by atoms with Crippen molar-refractivity contribution in [3.8, 4) is 10.6 Å². The Kier molecular flexibility index (Phi) is 5.33. The molecule has 1 N–H and O–H groups in total. The number of esters is 1. The molecule has 0 saturated carbocycles. The number of hydrogen-bond acceptors (Lipinski definition) is 7. The van der Waals surface area contributed by atoms with E-state index in [-0.39, 0.29) is 16.5 Å². The van der Waals surface area contributed by atoms with E-state index in [0.29, 0.717) is 16.3 Å². The predicted octanol–water partition coefficient (Wildman–Crippen LogP) is 4.00. The van der Waals surface area contributed by atoms with Crippen LogP contribution in [0.4, 0.5) is 5.69 Å². The van der Waals surface area contributed by atoms with Gasteiger partial charge in [-0.25, -0.2) is 13.2 Å². The van der Waals surface area contributed by atoms with Gasteiger partial charge in [0.05, 0.1) is 17.2 Å². The van der Waals surface area contributed by atoms with Crippen LogP contribution in [-0.4, -0.2) is 26.2 Å². The lowest BCUT2D eigenvalue weighted by atomic mass is 10.1. The molecule has 2 aromatic heterocycles. The third-order valence-corrected chi connectivity index (χ3v) is 6.68. The Bertz CT molecular complexity index is 1080. The lowest BCUT2D eigenvalue weighted by Gasteiger charge is -2.10. The summed E-state index contributed by atoms with van der Waals surface area (Å²) < 4.78 is 38.1. The molecule has 0 fully saturated rings. The quantitative estimate of drug-likeness (QED) is 0.621. The average molecular weight is 406 g/mol. The van der Waals surface area contributed by atoms with E-state index in [2.05, 4.69) is 9.88 Å². The maximum absolute atomic E-state index is 12.7. The number of ether oxygens (including phenoxy) is 1. The number of benzene rings is 1. The number of aromatic nitrogens is 1. The summed E-state index contributed by atoms with van der Waals surface area (Å²) in [5.41, 5.74) is 2.36. The second kappa shape index (κ2) is 7.53. The molecule has 0 aliphatic heterocycles. The van der Waals surface area contributed by atoms with Crippen LogP contribution in [-0.2, 0) is 14.8 Å². The van der Waals surface area contributed by atoms with Gasteiger partial charge in [0.2, 0.25) is 0 Å². The molecule has 0 radical (unpaired) electrons. The molecule has 7 nitrogen and oxygen atoms in total. The molecule has 0 unspecified atom stereocenters. The second-order valence-electron chi connectivity index (χ2n) is 5.84. The number of carbonyl (C=O) groups excluding carboxylic acids is 1. The number of rotatable bonds is 6. The first-order chi connectivity index (χ1) is 12.8. The summed E-state index contributed by atoms with van der Waals surface area (Å²) in [6, 6.07) is 10.1. The van der Waals surface area contributed by atoms with Gasteiger partial charge in [-0.2, -0.15) is 0 Å². The largest absolute Gasteiger partial charge is 0.461 e. The Morgan fingerprint density at radius 2 is 2.00 bits per heavy atom. The maximum Gasteiger partial charge on any atom is 0.360 e. The van der Waals surface area contributed by atoms with Gasteiger partial charge in [-0.15, -0.1) is 11.3 Å². The molecule has 142 valence electrons. The molecule has 0 amide bonds. The Balaban J connectivity index is 1.84. The van der Waals surface area contributed by atoms with Crippen LogP contribution in [0.1, 0.15) is 28.5 Å². The summed E-state index contributed by atoms with van der Waals surface area (Å²) >= 11 is 1.02. The minimum Gasteiger partial charge on any atom is -0.461 e. The van der Waals surface area contributed by atoms with E-state index in [9.17, 15) is 13.2 Å². The Morgan fingerprint density at radius 1 is 1.22 bits per heavy atom. The van der Waals surface area contributed by atoms with E-state index < -0.39 is 16.0 Å². The number of anilines is 1. The van der Waals surface area contributed by atoms with Crippen LogP contribution in [0.5, 0.6) is 0 Å². The normalized spacial score (nSPS) is 11.4. The number of nitrogens with one attached hydrogen (secondary N) is 1. The zero-order valence-corrected chi connectivity index (χ0v) is 16.6. The van der Waals surface area contributed by atoms with E-state index >= 15 is 0 Å². The van der Waals surface area contributed by atoms with E-state index in [1.54, 1.807) is 19.1 Å². The lowest BCUT2D eigenvalue weighted by Crippen LogP contribution is -2.12. The monoisotopic (exact) mass is 406 g/mol. The highest BCUT2D eigenvalue weighted by Gasteiger charge is 2.21. The molecule has 0 aliphatic rings. The summed E-state index contributed by atoms with van der Waals surface area (Å²) in [5, 5.41) is 3.66. The van der Waals surface area contributed by atoms with Crippen molar-refractivity contribution in [1.29, 1.82) is 0 Å². The van der Waals surface area contributed by atoms with E-state index in [4.69, 9.17) is 9.26 Å². The molecule has 1 aromatic carbocycles. The van der Waals surface area contributed by atoms with E-state index in [1.165, 1.54) is 12.1 Å². The number of carbonyl (C=O) groups is 1. The van der Waals surface area contributed by atoms with E-state index in [0.717, 1.165) is 22.5 Å². The topological polar surface area (TPSA) is 98.5 Å². The van der Waals surface area contributed by atoms with Crippen LogP contribution in [0, 0.1) is 13.8 Å². The van der Waals surface area contributed by atoms with Crippen molar-refractivity contribution in [1.82, 2.24) is 5.16 Å². The van der Waals surface area contributed by atoms with Gasteiger partial charge in [0.1, 0.15) is 4.21 Å². The van der Waals surface area contributed by atoms with Crippen molar-refractivity contribution in [2.24, 2.45) is 0 Å². The summed E-state index contributed by atoms with van der Waals surface area (Å²) in [5.74, 6) is -0.287. The van der Waals surface area contributed by atoms with Crippen molar-refractivity contribution in [3.63, 3.8) is 0 Å². The summed E-state index contributed by atoms with van der Waals surface area (Å²) in [6.07, 6.45) is 0. The van der Waals surface area contributed by atoms with Crippen LogP contribution in [0.2, 0.25) is 0 Å². The van der Waals surface area contributed by atoms with Gasteiger partial charge in [0, 0.05) is 6.07 Å². The molecule has 0 aliphatic carbocycles. The van der Waals surface area contributed by atoms with Gasteiger partial charge in [0.15, 0.2) is 11.5 Å². The molecule has 27 heavy (non-hydrogen) atoms. The zero-order chi connectivity index (χ0) is 19.6. The highest BCUT2D eigenvalue weighted by atomic mass is 32.2. The summed E-state index contributed by atoms with van der Waals surface area (Å²) in [7, 11) is -3.74. The first kappa shape index (κ1) is 19.1. The number of nitrogens with zero attached hydrogens (tertiary/aromatic N) is 1. The van der Waals surface area contributed by atoms with Gasteiger partial charge < -0.3 is 9.26 Å². The molecule has 0 atom stereocenters. The van der Waals surface area contributed by atoms with Crippen molar-refractivity contribution in [2.45, 2.75) is 25.0 Å². The van der Waals surface area contributed by atoms with Crippen LogP contribution in [0.15, 0.2) is 45.1 Å². The average Bonchev–Trinajstić information content (AvgIpc) is 3.27. The lowest BCUT2D eigenvalue weighted by molar-refractivity contribution is 0.0514. The minimum absolute atomic E-state index is 0.0400. The smallest absolute Gasteiger partial charge is 0.360 e. The molecule has 3 aromatic rings. The standard InChI is InChI=1S/C18H18N2O5S2/c1-4-24-18(21)14-10-15(25-19-14)16-7-8-17(26-16)27(22,23)20-13-9-11(2)5-6-12(13)3/h5-10,20H,4H2,1-3H3. The number of sulfonamides is 1. The van der Waals surface area contributed by atoms with E-state index in [1.807, 2.05) is 26.0 Å². The van der Waals surface area contributed by atoms with Crippen molar-refractivity contribution < 1.29 is 22.5 Å². The Hall–Kier alpha value is -2.65. The van der Waals surface area contributed by atoms with Gasteiger partial charge in [-0.3, -0.25) is 4.72 Å². The third kappa shape index (κ3) is 4.20. The second-order valence-corrected chi connectivity index (χ2v) is 8.83.